The van der Waals surface area contributed by atoms with Crippen LogP contribution in [-0.2, 0) is 0 Å². The fourth-order valence-electron chi connectivity index (χ4n) is 1.60. The van der Waals surface area contributed by atoms with Crippen molar-refractivity contribution in [2.45, 2.75) is 6.42 Å². The van der Waals surface area contributed by atoms with Gasteiger partial charge < -0.3 is 5.73 Å². The quantitative estimate of drug-likeness (QED) is 0.768. The summed E-state index contributed by atoms with van der Waals surface area (Å²) in [5, 5.41) is 1.94. The van der Waals surface area contributed by atoms with E-state index in [-0.39, 0.29) is 5.78 Å². The Kier molecular flexibility index (Phi) is 2.74. The molecule has 0 aliphatic rings. The number of nitrogens with two attached hydrogens (primary N) is 1. The number of aromatic nitrogens is 1. The maximum Gasteiger partial charge on any atom is 0.166 e. The lowest BCUT2D eigenvalue weighted by Gasteiger charge is -2.03. The first-order valence-corrected chi connectivity index (χ1v) is 4.89. The number of rotatable bonds is 3. The number of carbonyl (C=O) groups excluding carboxylic acids is 1. The summed E-state index contributed by atoms with van der Waals surface area (Å²) >= 11 is 0. The molecule has 1 aromatic heterocycles. The van der Waals surface area contributed by atoms with E-state index in [4.69, 9.17) is 5.73 Å². The lowest BCUT2D eigenvalue weighted by molar-refractivity contribution is 0.0986. The molecule has 0 aliphatic carbocycles. The van der Waals surface area contributed by atoms with Crippen LogP contribution in [0.2, 0.25) is 0 Å². The fourth-order valence-corrected chi connectivity index (χ4v) is 1.60. The summed E-state index contributed by atoms with van der Waals surface area (Å²) in [5.74, 6) is 0.0572. The Hall–Kier alpha value is -1.74. The van der Waals surface area contributed by atoms with E-state index in [1.165, 1.54) is 0 Å². The standard InChI is InChI=1S/C12H12N2O/c13-6-5-12(15)11-8-14-7-9-3-1-2-4-10(9)11/h1-4,7-8H,5-6,13H2. The second kappa shape index (κ2) is 4.19. The molecule has 15 heavy (non-hydrogen) atoms. The van der Waals surface area contributed by atoms with Gasteiger partial charge in [0.15, 0.2) is 5.78 Å². The Bertz CT molecular complexity index is 488. The largest absolute Gasteiger partial charge is 0.330 e. The van der Waals surface area contributed by atoms with Crippen molar-refractivity contribution in [2.24, 2.45) is 5.73 Å². The maximum atomic E-state index is 11.7. The molecule has 3 heteroatoms. The zero-order valence-corrected chi connectivity index (χ0v) is 8.31. The first kappa shape index (κ1) is 9.80. The van der Waals surface area contributed by atoms with Crippen LogP contribution in [-0.4, -0.2) is 17.3 Å². The van der Waals surface area contributed by atoms with Crippen LogP contribution in [0, 0.1) is 0 Å². The van der Waals surface area contributed by atoms with Crippen molar-refractivity contribution in [3.63, 3.8) is 0 Å². The molecular formula is C12H12N2O. The Morgan fingerprint density at radius 1 is 1.27 bits per heavy atom. The molecule has 0 radical (unpaired) electrons. The Labute approximate surface area is 87.9 Å². The maximum absolute atomic E-state index is 11.7. The van der Waals surface area contributed by atoms with Gasteiger partial charge in [-0.2, -0.15) is 0 Å². The second-order valence-corrected chi connectivity index (χ2v) is 3.37. The van der Waals surface area contributed by atoms with Gasteiger partial charge in [0.1, 0.15) is 0 Å². The van der Waals surface area contributed by atoms with E-state index in [1.54, 1.807) is 12.4 Å². The van der Waals surface area contributed by atoms with E-state index in [0.717, 1.165) is 10.8 Å². The lowest BCUT2D eigenvalue weighted by Crippen LogP contribution is -2.08. The number of ketones is 1. The molecule has 76 valence electrons. The zero-order valence-electron chi connectivity index (χ0n) is 8.31. The number of Topliss-reactive ketones (excluding diaryl/α,β-unsaturated/α-hetero) is 1. The van der Waals surface area contributed by atoms with Gasteiger partial charge in [-0.05, 0) is 11.9 Å². The lowest BCUT2D eigenvalue weighted by atomic mass is 10.0. The van der Waals surface area contributed by atoms with Gasteiger partial charge in [-0.15, -0.1) is 0 Å². The third kappa shape index (κ3) is 1.87. The molecule has 3 nitrogen and oxygen atoms in total. The van der Waals surface area contributed by atoms with E-state index in [2.05, 4.69) is 4.98 Å². The molecule has 0 bridgehead atoms. The molecule has 0 spiro atoms. The van der Waals surface area contributed by atoms with Gasteiger partial charge in [-0.1, -0.05) is 24.3 Å². The highest BCUT2D eigenvalue weighted by molar-refractivity contribution is 6.07. The number of pyridine rings is 1. The van der Waals surface area contributed by atoms with Crippen molar-refractivity contribution in [3.05, 3.63) is 42.2 Å². The van der Waals surface area contributed by atoms with Crippen molar-refractivity contribution >= 4 is 16.6 Å². The van der Waals surface area contributed by atoms with E-state index < -0.39 is 0 Å². The molecular weight excluding hydrogens is 188 g/mol. The van der Waals surface area contributed by atoms with Crippen LogP contribution in [0.1, 0.15) is 16.8 Å². The molecule has 0 aliphatic heterocycles. The highest BCUT2D eigenvalue weighted by atomic mass is 16.1. The molecule has 2 N–H and O–H groups in total. The highest BCUT2D eigenvalue weighted by Gasteiger charge is 2.08. The number of hydrogen-bond acceptors (Lipinski definition) is 3. The smallest absolute Gasteiger partial charge is 0.166 e. The number of hydrogen-bond donors (Lipinski definition) is 1. The van der Waals surface area contributed by atoms with Crippen LogP contribution < -0.4 is 5.73 Å². The van der Waals surface area contributed by atoms with E-state index in [1.807, 2.05) is 24.3 Å². The molecule has 0 saturated heterocycles. The summed E-state index contributed by atoms with van der Waals surface area (Å²) in [5.41, 5.74) is 6.03. The summed E-state index contributed by atoms with van der Waals surface area (Å²) in [6.45, 7) is 0.377. The molecule has 1 aromatic carbocycles. The third-order valence-electron chi connectivity index (χ3n) is 2.34. The van der Waals surface area contributed by atoms with Crippen molar-refractivity contribution in [1.29, 1.82) is 0 Å². The summed E-state index contributed by atoms with van der Waals surface area (Å²) in [4.78, 5) is 15.8. The van der Waals surface area contributed by atoms with Gasteiger partial charge in [-0.3, -0.25) is 9.78 Å². The van der Waals surface area contributed by atoms with Crippen LogP contribution >= 0.6 is 0 Å². The van der Waals surface area contributed by atoms with Crippen molar-refractivity contribution in [1.82, 2.24) is 4.98 Å². The van der Waals surface area contributed by atoms with Crippen LogP contribution in [0.3, 0.4) is 0 Å². The predicted molar refractivity (Wildman–Crippen MR) is 59.7 cm³/mol. The second-order valence-electron chi connectivity index (χ2n) is 3.37. The summed E-state index contributed by atoms with van der Waals surface area (Å²) < 4.78 is 0. The zero-order chi connectivity index (χ0) is 10.7. The van der Waals surface area contributed by atoms with Gasteiger partial charge in [0.05, 0.1) is 0 Å². The van der Waals surface area contributed by atoms with E-state index in [0.29, 0.717) is 18.5 Å². The summed E-state index contributed by atoms with van der Waals surface area (Å²) in [7, 11) is 0. The van der Waals surface area contributed by atoms with E-state index >= 15 is 0 Å². The van der Waals surface area contributed by atoms with Crippen molar-refractivity contribution < 1.29 is 4.79 Å². The number of fused-ring (bicyclic) bond motifs is 1. The average Bonchev–Trinajstić information content (AvgIpc) is 2.28. The van der Waals surface area contributed by atoms with Crippen molar-refractivity contribution in [2.75, 3.05) is 6.54 Å². The topological polar surface area (TPSA) is 56.0 Å². The Morgan fingerprint density at radius 2 is 2.07 bits per heavy atom. The third-order valence-corrected chi connectivity index (χ3v) is 2.34. The number of nitrogens with zero attached hydrogens (tertiary/aromatic N) is 1. The van der Waals surface area contributed by atoms with Crippen LogP contribution in [0.25, 0.3) is 10.8 Å². The van der Waals surface area contributed by atoms with E-state index in [9.17, 15) is 4.79 Å². The Balaban J connectivity index is 2.56. The summed E-state index contributed by atoms with van der Waals surface area (Å²) in [6.07, 6.45) is 3.74. The number of benzene rings is 1. The minimum Gasteiger partial charge on any atom is -0.330 e. The highest BCUT2D eigenvalue weighted by Crippen LogP contribution is 2.17. The van der Waals surface area contributed by atoms with Crippen LogP contribution in [0.5, 0.6) is 0 Å². The minimum absolute atomic E-state index is 0.0572. The normalized spacial score (nSPS) is 10.5. The van der Waals surface area contributed by atoms with Gasteiger partial charge in [0, 0.05) is 29.8 Å². The molecule has 0 atom stereocenters. The fraction of sp³-hybridized carbons (Fsp3) is 0.167. The monoisotopic (exact) mass is 200 g/mol. The van der Waals surface area contributed by atoms with Gasteiger partial charge in [0.2, 0.25) is 0 Å². The molecule has 2 aromatic rings. The van der Waals surface area contributed by atoms with Gasteiger partial charge in [0.25, 0.3) is 0 Å². The van der Waals surface area contributed by atoms with Crippen LogP contribution in [0.15, 0.2) is 36.7 Å². The molecule has 0 amide bonds. The minimum atomic E-state index is 0.0572. The van der Waals surface area contributed by atoms with Gasteiger partial charge >= 0.3 is 0 Å². The average molecular weight is 200 g/mol. The SMILES string of the molecule is NCCC(=O)c1cncc2ccccc12. The van der Waals surface area contributed by atoms with Crippen LogP contribution in [0.4, 0.5) is 0 Å². The summed E-state index contributed by atoms with van der Waals surface area (Å²) in [6, 6.07) is 7.73. The molecule has 2 rings (SSSR count). The first-order valence-electron chi connectivity index (χ1n) is 4.89. The number of carbonyl (C=O) groups is 1. The predicted octanol–water partition coefficient (Wildman–Crippen LogP) is 1.77. The molecule has 0 saturated carbocycles. The first-order chi connectivity index (χ1) is 7.33. The van der Waals surface area contributed by atoms with Crippen molar-refractivity contribution in [3.8, 4) is 0 Å². The molecule has 0 fully saturated rings. The Morgan fingerprint density at radius 3 is 2.87 bits per heavy atom. The molecule has 0 unspecified atom stereocenters. The van der Waals surface area contributed by atoms with Gasteiger partial charge in [-0.25, -0.2) is 0 Å². The molecule has 1 heterocycles.